The van der Waals surface area contributed by atoms with Gasteiger partial charge in [0, 0.05) is 0 Å². The highest BCUT2D eigenvalue weighted by molar-refractivity contribution is 7.60. The van der Waals surface area contributed by atoms with Crippen molar-refractivity contribution in [2.75, 3.05) is 6.61 Å². The molecule has 29 heavy (non-hydrogen) atoms. The maximum absolute atomic E-state index is 11.5. The van der Waals surface area contributed by atoms with Gasteiger partial charge < -0.3 is 14.7 Å². The summed E-state index contributed by atoms with van der Waals surface area (Å²) in [5.74, 6) is 1.14. The van der Waals surface area contributed by atoms with E-state index >= 15 is 0 Å². The number of phosphoric ester groups is 1. The highest BCUT2D eigenvalue weighted by Gasteiger charge is 2.52. The summed E-state index contributed by atoms with van der Waals surface area (Å²) in [6.07, 6.45) is 9.48. The minimum Gasteiger partial charge on any atom is -0.302 e. The van der Waals surface area contributed by atoms with Gasteiger partial charge in [-0.1, -0.05) is 51.0 Å². The third kappa shape index (κ3) is 6.61. The SMILES string of the molecule is C=C1CC[C@@H]2C(C)(C)CCCC2(C)[C@@H]1CC/C(C)=C/COP(=O)(O)OP(=O)(O)O. The van der Waals surface area contributed by atoms with Crippen molar-refractivity contribution in [3.63, 3.8) is 0 Å². The molecule has 0 aromatic carbocycles. The van der Waals surface area contributed by atoms with Gasteiger partial charge >= 0.3 is 15.6 Å². The highest BCUT2D eigenvalue weighted by Crippen LogP contribution is 2.62. The fourth-order valence-corrected chi connectivity index (χ4v) is 7.24. The molecule has 2 unspecified atom stereocenters. The van der Waals surface area contributed by atoms with E-state index in [9.17, 15) is 14.0 Å². The Morgan fingerprint density at radius 3 is 2.52 bits per heavy atom. The summed E-state index contributed by atoms with van der Waals surface area (Å²) in [5.41, 5.74) is 2.94. The Hall–Kier alpha value is -0.260. The Bertz CT molecular complexity index is 739. The Morgan fingerprint density at radius 2 is 1.90 bits per heavy atom. The number of allylic oxidation sites excluding steroid dienone is 2. The molecule has 0 amide bonds. The molecule has 0 aromatic heterocycles. The topological polar surface area (TPSA) is 113 Å². The Morgan fingerprint density at radius 1 is 1.24 bits per heavy atom. The van der Waals surface area contributed by atoms with E-state index in [4.69, 9.17) is 9.79 Å². The van der Waals surface area contributed by atoms with Crippen LogP contribution in [0.3, 0.4) is 0 Å². The summed E-state index contributed by atoms with van der Waals surface area (Å²) >= 11 is 0. The van der Waals surface area contributed by atoms with Gasteiger partial charge in [0.15, 0.2) is 0 Å². The molecule has 2 fully saturated rings. The van der Waals surface area contributed by atoms with Crippen molar-refractivity contribution in [3.05, 3.63) is 23.8 Å². The summed E-state index contributed by atoms with van der Waals surface area (Å²) in [5, 5.41) is 0. The van der Waals surface area contributed by atoms with Crippen LogP contribution in [0.25, 0.3) is 0 Å². The minimum absolute atomic E-state index is 0.252. The van der Waals surface area contributed by atoms with E-state index in [0.29, 0.717) is 17.3 Å². The Labute approximate surface area is 174 Å². The molecule has 4 atom stereocenters. The van der Waals surface area contributed by atoms with Gasteiger partial charge in [0.2, 0.25) is 0 Å². The van der Waals surface area contributed by atoms with Gasteiger partial charge in [-0.3, -0.25) is 4.52 Å². The van der Waals surface area contributed by atoms with Crippen LogP contribution < -0.4 is 0 Å². The molecule has 0 bridgehead atoms. The lowest BCUT2D eigenvalue weighted by molar-refractivity contribution is -0.0539. The molecule has 0 radical (unpaired) electrons. The largest absolute Gasteiger partial charge is 0.481 e. The van der Waals surface area contributed by atoms with E-state index in [-0.39, 0.29) is 12.0 Å². The third-order valence-electron chi connectivity index (χ3n) is 7.03. The van der Waals surface area contributed by atoms with E-state index < -0.39 is 15.6 Å². The van der Waals surface area contributed by atoms with Crippen LogP contribution in [-0.2, 0) is 18.0 Å². The van der Waals surface area contributed by atoms with E-state index in [2.05, 4.69) is 36.2 Å². The highest BCUT2D eigenvalue weighted by atomic mass is 31.3. The molecular weight excluding hydrogens is 414 g/mol. The molecule has 2 aliphatic rings. The van der Waals surface area contributed by atoms with Gasteiger partial charge in [-0.25, -0.2) is 9.13 Å². The number of hydrogen-bond acceptors (Lipinski definition) is 4. The minimum atomic E-state index is -5.09. The third-order valence-corrected chi connectivity index (χ3v) is 9.18. The van der Waals surface area contributed by atoms with Crippen molar-refractivity contribution in [3.8, 4) is 0 Å². The number of phosphoric acid groups is 2. The fourth-order valence-electron chi connectivity index (χ4n) is 5.71. The van der Waals surface area contributed by atoms with Gasteiger partial charge in [-0.15, -0.1) is 0 Å². The second-order valence-electron chi connectivity index (χ2n) is 9.58. The Kier molecular flexibility index (Phi) is 7.83. The predicted molar refractivity (Wildman–Crippen MR) is 113 cm³/mol. The smallest absolute Gasteiger partial charge is 0.302 e. The molecule has 2 aliphatic carbocycles. The fraction of sp³-hybridized carbons (Fsp3) is 0.800. The van der Waals surface area contributed by atoms with E-state index in [0.717, 1.165) is 24.8 Å². The van der Waals surface area contributed by atoms with Crippen molar-refractivity contribution < 1.29 is 32.6 Å². The molecule has 2 saturated carbocycles. The molecule has 168 valence electrons. The molecule has 0 aromatic rings. The molecule has 7 nitrogen and oxygen atoms in total. The zero-order valence-corrected chi connectivity index (χ0v) is 19.8. The Balaban J connectivity index is 1.97. The van der Waals surface area contributed by atoms with Gasteiger partial charge in [0.05, 0.1) is 6.61 Å². The monoisotopic (exact) mass is 450 g/mol. The number of hydrogen-bond donors (Lipinski definition) is 3. The molecule has 2 rings (SSSR count). The van der Waals surface area contributed by atoms with Crippen LogP contribution in [0, 0.1) is 22.7 Å². The predicted octanol–water partition coefficient (Wildman–Crippen LogP) is 5.74. The van der Waals surface area contributed by atoms with Gasteiger partial charge in [-0.2, -0.15) is 4.31 Å². The van der Waals surface area contributed by atoms with Crippen molar-refractivity contribution >= 4 is 15.6 Å². The van der Waals surface area contributed by atoms with E-state index in [1.807, 2.05) is 6.92 Å². The second-order valence-corrected chi connectivity index (χ2v) is 12.4. The van der Waals surface area contributed by atoms with Crippen molar-refractivity contribution in [2.45, 2.75) is 72.6 Å². The first kappa shape index (κ1) is 25.0. The summed E-state index contributed by atoms with van der Waals surface area (Å²) in [4.78, 5) is 26.6. The molecule has 9 heteroatoms. The first-order valence-corrected chi connectivity index (χ1v) is 13.3. The zero-order chi connectivity index (χ0) is 22.1. The van der Waals surface area contributed by atoms with Crippen LogP contribution in [0.15, 0.2) is 23.8 Å². The van der Waals surface area contributed by atoms with Gasteiger partial charge in [0.25, 0.3) is 0 Å². The number of rotatable bonds is 8. The molecule has 3 N–H and O–H groups in total. The molecular formula is C20H36O7P2. The lowest BCUT2D eigenvalue weighted by Crippen LogP contribution is -2.49. The van der Waals surface area contributed by atoms with Crippen LogP contribution in [0.1, 0.15) is 72.6 Å². The number of fused-ring (bicyclic) bond motifs is 1. The first-order valence-electron chi connectivity index (χ1n) is 10.2. The van der Waals surface area contributed by atoms with Gasteiger partial charge in [0.1, 0.15) is 0 Å². The average molecular weight is 450 g/mol. The maximum Gasteiger partial charge on any atom is 0.481 e. The zero-order valence-electron chi connectivity index (χ0n) is 18.0. The summed E-state index contributed by atoms with van der Waals surface area (Å²) in [6.45, 7) is 13.3. The normalized spacial score (nSPS) is 32.5. The van der Waals surface area contributed by atoms with Crippen LogP contribution in [0.4, 0.5) is 0 Å². The van der Waals surface area contributed by atoms with Crippen LogP contribution in [0.2, 0.25) is 0 Å². The second kappa shape index (κ2) is 9.08. The standard InChI is InChI=1S/C20H36O7P2/c1-15(11-14-26-29(24,25)27-28(21,22)23)7-9-17-16(2)8-10-18-19(3,4)12-6-13-20(17,18)5/h11,17-18H,2,6-10,12-14H2,1,3-5H3,(H,24,25)(H2,21,22,23)/b15-11+/t17-,18-,20?/m1/s1. The lowest BCUT2D eigenvalue weighted by Gasteiger charge is -2.58. The average Bonchev–Trinajstić information content (AvgIpc) is 2.50. The van der Waals surface area contributed by atoms with Crippen molar-refractivity contribution in [1.29, 1.82) is 0 Å². The first-order chi connectivity index (χ1) is 13.2. The van der Waals surface area contributed by atoms with Crippen molar-refractivity contribution in [2.24, 2.45) is 22.7 Å². The molecule has 0 saturated heterocycles. The van der Waals surface area contributed by atoms with Crippen molar-refractivity contribution in [1.82, 2.24) is 0 Å². The van der Waals surface area contributed by atoms with Crippen LogP contribution >= 0.6 is 15.6 Å². The van der Waals surface area contributed by atoms with Crippen LogP contribution in [-0.4, -0.2) is 21.3 Å². The summed E-state index contributed by atoms with van der Waals surface area (Å²) in [7, 11) is -9.88. The maximum atomic E-state index is 11.5. The van der Waals surface area contributed by atoms with Crippen LogP contribution in [0.5, 0.6) is 0 Å². The molecule has 0 aliphatic heterocycles. The molecule has 0 heterocycles. The van der Waals surface area contributed by atoms with Gasteiger partial charge in [-0.05, 0) is 68.1 Å². The summed E-state index contributed by atoms with van der Waals surface area (Å²) in [6, 6.07) is 0. The summed E-state index contributed by atoms with van der Waals surface area (Å²) < 4.78 is 30.6. The quantitative estimate of drug-likeness (QED) is 0.319. The van der Waals surface area contributed by atoms with E-state index in [1.165, 1.54) is 31.3 Å². The molecule has 0 spiro atoms. The lowest BCUT2D eigenvalue weighted by atomic mass is 9.47. The van der Waals surface area contributed by atoms with E-state index in [1.54, 1.807) is 6.08 Å².